The molecule has 1 aromatic carbocycles. The minimum absolute atomic E-state index is 0.000223. The summed E-state index contributed by atoms with van der Waals surface area (Å²) in [6.07, 6.45) is -4.55. The molecule has 0 unspecified atom stereocenters. The van der Waals surface area contributed by atoms with Crippen molar-refractivity contribution in [2.45, 2.75) is 19.7 Å². The fourth-order valence-electron chi connectivity index (χ4n) is 1.82. The first-order valence-corrected chi connectivity index (χ1v) is 6.16. The third-order valence-corrected chi connectivity index (χ3v) is 2.95. The largest absolute Gasteiger partial charge is 0.480 e. The second-order valence-corrected chi connectivity index (χ2v) is 4.66. The molecule has 0 bridgehead atoms. The lowest BCUT2D eigenvalue weighted by Gasteiger charge is -2.07. The van der Waals surface area contributed by atoms with E-state index in [9.17, 15) is 23.3 Å². The molecule has 0 saturated carbocycles. The van der Waals surface area contributed by atoms with E-state index in [1.807, 2.05) is 0 Å². The van der Waals surface area contributed by atoms with Crippen LogP contribution in [-0.2, 0) is 19.8 Å². The summed E-state index contributed by atoms with van der Waals surface area (Å²) >= 11 is 0. The zero-order chi connectivity index (χ0) is 16.5. The van der Waals surface area contributed by atoms with Crippen molar-refractivity contribution in [1.29, 1.82) is 0 Å². The number of nitro benzene ring substituents is 1. The Kier molecular flexibility index (Phi) is 4.07. The van der Waals surface area contributed by atoms with Crippen molar-refractivity contribution in [3.8, 4) is 5.75 Å². The zero-order valence-electron chi connectivity index (χ0n) is 11.7. The maximum atomic E-state index is 12.6. The van der Waals surface area contributed by atoms with Crippen LogP contribution in [0.15, 0.2) is 24.3 Å². The van der Waals surface area contributed by atoms with Gasteiger partial charge >= 0.3 is 11.9 Å². The Hall–Kier alpha value is -2.58. The van der Waals surface area contributed by atoms with Gasteiger partial charge in [0.1, 0.15) is 6.61 Å². The van der Waals surface area contributed by atoms with E-state index < -0.39 is 16.8 Å². The summed E-state index contributed by atoms with van der Waals surface area (Å²) in [6.45, 7) is 1.46. The predicted molar refractivity (Wildman–Crippen MR) is 70.4 cm³/mol. The second-order valence-electron chi connectivity index (χ2n) is 4.66. The molecule has 9 heteroatoms. The molecular weight excluding hydrogens is 303 g/mol. The minimum Gasteiger partial charge on any atom is -0.480 e. The fraction of sp³-hybridized carbons (Fsp3) is 0.308. The van der Waals surface area contributed by atoms with E-state index >= 15 is 0 Å². The van der Waals surface area contributed by atoms with Crippen LogP contribution in [0.4, 0.5) is 18.9 Å². The molecule has 118 valence electrons. The molecule has 0 aliphatic carbocycles. The molecule has 0 radical (unpaired) electrons. The highest BCUT2D eigenvalue weighted by Crippen LogP contribution is 2.30. The number of aryl methyl sites for hydroxylation is 2. The van der Waals surface area contributed by atoms with E-state index in [0.29, 0.717) is 0 Å². The monoisotopic (exact) mass is 315 g/mol. The number of nitrogens with zero attached hydrogens (tertiary/aromatic N) is 3. The quantitative estimate of drug-likeness (QED) is 0.641. The number of halogens is 3. The summed E-state index contributed by atoms with van der Waals surface area (Å²) in [7, 11) is 1.35. The van der Waals surface area contributed by atoms with Crippen LogP contribution in [0.2, 0.25) is 0 Å². The van der Waals surface area contributed by atoms with Crippen LogP contribution < -0.4 is 4.74 Å². The zero-order valence-corrected chi connectivity index (χ0v) is 11.7. The van der Waals surface area contributed by atoms with Crippen molar-refractivity contribution in [3.05, 3.63) is 51.3 Å². The number of hydrogen-bond donors (Lipinski definition) is 0. The SMILES string of the molecule is Cc1ccc([N+](=O)[O-])c(OCc2cc(C(F)(F)F)nn2C)c1. The summed E-state index contributed by atoms with van der Waals surface area (Å²) in [5.74, 6) is -0.000223. The Morgan fingerprint density at radius 3 is 2.59 bits per heavy atom. The summed E-state index contributed by atoms with van der Waals surface area (Å²) in [5.41, 5.74) is -0.388. The lowest BCUT2D eigenvalue weighted by molar-refractivity contribution is -0.386. The van der Waals surface area contributed by atoms with Crippen LogP contribution in [0.5, 0.6) is 5.75 Å². The van der Waals surface area contributed by atoms with Crippen LogP contribution in [0.1, 0.15) is 17.0 Å². The highest BCUT2D eigenvalue weighted by Gasteiger charge is 2.34. The molecule has 2 rings (SSSR count). The van der Waals surface area contributed by atoms with E-state index in [1.165, 1.54) is 19.2 Å². The first-order chi connectivity index (χ1) is 10.2. The molecule has 0 saturated heterocycles. The average Bonchev–Trinajstić information content (AvgIpc) is 2.77. The molecule has 0 amide bonds. The van der Waals surface area contributed by atoms with Gasteiger partial charge in [-0.2, -0.15) is 18.3 Å². The highest BCUT2D eigenvalue weighted by atomic mass is 19.4. The van der Waals surface area contributed by atoms with Crippen molar-refractivity contribution in [1.82, 2.24) is 9.78 Å². The average molecular weight is 315 g/mol. The molecule has 0 atom stereocenters. The topological polar surface area (TPSA) is 70.2 Å². The third kappa shape index (κ3) is 3.35. The van der Waals surface area contributed by atoms with Gasteiger partial charge in [0, 0.05) is 13.1 Å². The maximum absolute atomic E-state index is 12.6. The Balaban J connectivity index is 2.22. The van der Waals surface area contributed by atoms with Crippen LogP contribution in [0, 0.1) is 17.0 Å². The Labute approximate surface area is 123 Å². The van der Waals surface area contributed by atoms with Gasteiger partial charge in [0.15, 0.2) is 11.4 Å². The summed E-state index contributed by atoms with van der Waals surface area (Å²) in [5, 5.41) is 14.3. The molecule has 0 N–H and O–H groups in total. The summed E-state index contributed by atoms with van der Waals surface area (Å²) in [4.78, 5) is 10.3. The smallest absolute Gasteiger partial charge is 0.435 e. The van der Waals surface area contributed by atoms with Crippen LogP contribution in [-0.4, -0.2) is 14.7 Å². The molecule has 1 heterocycles. The van der Waals surface area contributed by atoms with Gasteiger partial charge in [-0.15, -0.1) is 0 Å². The summed E-state index contributed by atoms with van der Waals surface area (Å²) in [6, 6.07) is 5.15. The van der Waals surface area contributed by atoms with E-state index in [2.05, 4.69) is 5.10 Å². The van der Waals surface area contributed by atoms with Crippen LogP contribution in [0.25, 0.3) is 0 Å². The number of benzene rings is 1. The third-order valence-electron chi connectivity index (χ3n) is 2.95. The van der Waals surface area contributed by atoms with Gasteiger partial charge in [0.2, 0.25) is 0 Å². The van der Waals surface area contributed by atoms with Crippen LogP contribution in [0.3, 0.4) is 0 Å². The number of ether oxygens (including phenoxy) is 1. The standard InChI is InChI=1S/C13H12F3N3O3/c1-8-3-4-10(19(20)21)11(5-8)22-7-9-6-12(13(14,15)16)17-18(9)2/h3-6H,7H2,1-2H3. The maximum Gasteiger partial charge on any atom is 0.435 e. The number of alkyl halides is 3. The molecule has 0 spiro atoms. The Morgan fingerprint density at radius 1 is 1.36 bits per heavy atom. The van der Waals surface area contributed by atoms with Gasteiger partial charge in [-0.1, -0.05) is 6.07 Å². The van der Waals surface area contributed by atoms with Gasteiger partial charge in [-0.05, 0) is 24.6 Å². The molecule has 0 fully saturated rings. The van der Waals surface area contributed by atoms with E-state index in [4.69, 9.17) is 4.74 Å². The van der Waals surface area contributed by atoms with E-state index in [1.54, 1.807) is 13.0 Å². The molecule has 1 aromatic heterocycles. The van der Waals surface area contributed by atoms with Crippen LogP contribution >= 0.6 is 0 Å². The normalized spacial score (nSPS) is 11.5. The summed E-state index contributed by atoms with van der Waals surface area (Å²) < 4.78 is 44.0. The van der Waals surface area contributed by atoms with Gasteiger partial charge in [0.25, 0.3) is 0 Å². The molecule has 22 heavy (non-hydrogen) atoms. The van der Waals surface area contributed by atoms with Gasteiger partial charge in [0.05, 0.1) is 10.6 Å². The fourth-order valence-corrected chi connectivity index (χ4v) is 1.82. The first kappa shape index (κ1) is 15.8. The Morgan fingerprint density at radius 2 is 2.05 bits per heavy atom. The molecule has 0 aliphatic rings. The molecule has 6 nitrogen and oxygen atoms in total. The molecule has 0 aliphatic heterocycles. The van der Waals surface area contributed by atoms with Gasteiger partial charge in [-0.25, -0.2) is 0 Å². The van der Waals surface area contributed by atoms with Crippen molar-refractivity contribution >= 4 is 5.69 Å². The number of nitro groups is 1. The van der Waals surface area contributed by atoms with E-state index in [-0.39, 0.29) is 23.7 Å². The van der Waals surface area contributed by atoms with Crippen molar-refractivity contribution in [2.24, 2.45) is 7.05 Å². The number of rotatable bonds is 4. The van der Waals surface area contributed by atoms with Crippen molar-refractivity contribution < 1.29 is 22.8 Å². The van der Waals surface area contributed by atoms with Gasteiger partial charge < -0.3 is 4.74 Å². The lowest BCUT2D eigenvalue weighted by Crippen LogP contribution is -2.07. The predicted octanol–water partition coefficient (Wildman–Crippen LogP) is 3.23. The number of hydrogen-bond acceptors (Lipinski definition) is 4. The van der Waals surface area contributed by atoms with Crippen molar-refractivity contribution in [2.75, 3.05) is 0 Å². The van der Waals surface area contributed by atoms with Gasteiger partial charge in [-0.3, -0.25) is 14.8 Å². The minimum atomic E-state index is -4.55. The van der Waals surface area contributed by atoms with Crippen molar-refractivity contribution in [3.63, 3.8) is 0 Å². The van der Waals surface area contributed by atoms with E-state index in [0.717, 1.165) is 16.3 Å². The second kappa shape index (κ2) is 5.66. The highest BCUT2D eigenvalue weighted by molar-refractivity contribution is 5.48. The molecule has 2 aromatic rings. The lowest BCUT2D eigenvalue weighted by atomic mass is 10.2. The Bertz CT molecular complexity index is 710. The number of aromatic nitrogens is 2. The first-order valence-electron chi connectivity index (χ1n) is 6.16. The molecular formula is C13H12F3N3O3.